The quantitative estimate of drug-likeness (QED) is 0.793. The average Bonchev–Trinajstić information content (AvgIpc) is 2.39. The Bertz CT molecular complexity index is 270. The summed E-state index contributed by atoms with van der Waals surface area (Å²) in [6.07, 6.45) is 7.69. The zero-order chi connectivity index (χ0) is 13.4. The average molecular weight is 264 g/mol. The number of rotatable bonds is 6. The van der Waals surface area contributed by atoms with Crippen LogP contribution in [0.5, 0.6) is 0 Å². The molecule has 4 saturated carbocycles. The van der Waals surface area contributed by atoms with Gasteiger partial charge in [0.25, 0.3) is 0 Å². The van der Waals surface area contributed by atoms with Crippen LogP contribution in [0, 0.1) is 23.7 Å². The van der Waals surface area contributed by atoms with Crippen LogP contribution in [0.3, 0.4) is 0 Å². The van der Waals surface area contributed by atoms with Crippen LogP contribution in [-0.2, 0) is 0 Å². The minimum atomic E-state index is 0.655. The molecule has 4 rings (SSSR count). The molecule has 2 nitrogen and oxygen atoms in total. The van der Waals surface area contributed by atoms with Gasteiger partial charge in [-0.1, -0.05) is 13.8 Å². The Hall–Kier alpha value is -0.0800. The molecule has 0 saturated heterocycles. The first kappa shape index (κ1) is 13.9. The van der Waals surface area contributed by atoms with E-state index in [1.54, 1.807) is 6.42 Å². The lowest BCUT2D eigenvalue weighted by molar-refractivity contribution is -0.0181. The molecule has 4 bridgehead atoms. The lowest BCUT2D eigenvalue weighted by atomic mass is 9.54. The van der Waals surface area contributed by atoms with Gasteiger partial charge in [-0.15, -0.1) is 0 Å². The summed E-state index contributed by atoms with van der Waals surface area (Å²) in [5, 5.41) is 4.02. The van der Waals surface area contributed by atoms with E-state index in [4.69, 9.17) is 0 Å². The summed E-state index contributed by atoms with van der Waals surface area (Å²) >= 11 is 0. The van der Waals surface area contributed by atoms with Crippen molar-refractivity contribution in [2.75, 3.05) is 19.6 Å². The van der Waals surface area contributed by atoms with Gasteiger partial charge in [-0.3, -0.25) is 0 Å². The van der Waals surface area contributed by atoms with Gasteiger partial charge in [-0.05, 0) is 75.8 Å². The molecule has 4 aliphatic rings. The number of nitrogens with zero attached hydrogens (tertiary/aromatic N) is 1. The third-order valence-corrected chi connectivity index (χ3v) is 6.13. The zero-order valence-corrected chi connectivity index (χ0v) is 13.1. The zero-order valence-electron chi connectivity index (χ0n) is 13.1. The number of likely N-dealkylation sites (N-methyl/N-ethyl adjacent to an activating group) is 1. The van der Waals surface area contributed by atoms with Crippen molar-refractivity contribution >= 4 is 0 Å². The maximum Gasteiger partial charge on any atom is 0.0169 e. The highest BCUT2D eigenvalue weighted by Gasteiger charge is 2.48. The SMILES string of the molecule is CCN(CC)CC(C)NC1C2CC3CC(C2)CC1C3. The van der Waals surface area contributed by atoms with Gasteiger partial charge >= 0.3 is 0 Å². The van der Waals surface area contributed by atoms with Crippen molar-refractivity contribution in [2.24, 2.45) is 23.7 Å². The van der Waals surface area contributed by atoms with Gasteiger partial charge < -0.3 is 10.2 Å². The Morgan fingerprint density at radius 3 is 1.95 bits per heavy atom. The predicted octanol–water partition coefficient (Wildman–Crippen LogP) is 3.13. The maximum absolute atomic E-state index is 4.02. The predicted molar refractivity (Wildman–Crippen MR) is 81.2 cm³/mol. The van der Waals surface area contributed by atoms with Crippen molar-refractivity contribution < 1.29 is 0 Å². The molecule has 19 heavy (non-hydrogen) atoms. The highest BCUT2D eigenvalue weighted by atomic mass is 15.1. The minimum absolute atomic E-state index is 0.655. The van der Waals surface area contributed by atoms with E-state index in [0.717, 1.165) is 29.7 Å². The molecule has 1 unspecified atom stereocenters. The molecule has 1 atom stereocenters. The molecule has 1 N–H and O–H groups in total. The molecule has 110 valence electrons. The summed E-state index contributed by atoms with van der Waals surface area (Å²) in [4.78, 5) is 2.55. The highest BCUT2D eigenvalue weighted by molar-refractivity contribution is 5.01. The molecular weight excluding hydrogens is 232 g/mol. The molecule has 0 aliphatic heterocycles. The summed E-state index contributed by atoms with van der Waals surface area (Å²) in [7, 11) is 0. The summed E-state index contributed by atoms with van der Waals surface area (Å²) < 4.78 is 0. The molecule has 0 heterocycles. The standard InChI is InChI=1S/C17H32N2/c1-4-19(5-2)11-12(3)18-17-15-7-13-6-14(9-15)10-16(17)8-13/h12-18H,4-11H2,1-3H3. The van der Waals surface area contributed by atoms with E-state index >= 15 is 0 Å². The van der Waals surface area contributed by atoms with Crippen molar-refractivity contribution in [2.45, 2.75) is 65.0 Å². The fourth-order valence-electron chi connectivity index (χ4n) is 5.45. The van der Waals surface area contributed by atoms with Crippen LogP contribution < -0.4 is 5.32 Å². The molecule has 4 fully saturated rings. The van der Waals surface area contributed by atoms with Gasteiger partial charge in [-0.25, -0.2) is 0 Å². The third kappa shape index (κ3) is 2.85. The van der Waals surface area contributed by atoms with Crippen LogP contribution in [0.1, 0.15) is 52.9 Å². The largest absolute Gasteiger partial charge is 0.310 e. The van der Waals surface area contributed by atoms with E-state index in [9.17, 15) is 0 Å². The Kier molecular flexibility index (Phi) is 4.19. The maximum atomic E-state index is 4.02. The molecule has 0 spiro atoms. The smallest absolute Gasteiger partial charge is 0.0169 e. The first-order valence-corrected chi connectivity index (χ1v) is 8.67. The molecule has 0 aromatic rings. The molecule has 2 heteroatoms. The number of nitrogens with one attached hydrogen (secondary N) is 1. The topological polar surface area (TPSA) is 15.3 Å². The van der Waals surface area contributed by atoms with Crippen molar-refractivity contribution in [1.82, 2.24) is 10.2 Å². The Labute approximate surface area is 119 Å². The molecule has 0 amide bonds. The van der Waals surface area contributed by atoms with Gasteiger partial charge in [0.1, 0.15) is 0 Å². The van der Waals surface area contributed by atoms with Gasteiger partial charge in [-0.2, -0.15) is 0 Å². The van der Waals surface area contributed by atoms with Crippen molar-refractivity contribution in [3.05, 3.63) is 0 Å². The molecule has 4 aliphatic carbocycles. The van der Waals surface area contributed by atoms with Crippen molar-refractivity contribution in [3.8, 4) is 0 Å². The van der Waals surface area contributed by atoms with Crippen LogP contribution in [0.25, 0.3) is 0 Å². The summed E-state index contributed by atoms with van der Waals surface area (Å²) in [5.74, 6) is 4.21. The molecule has 0 aromatic heterocycles. The minimum Gasteiger partial charge on any atom is -0.310 e. The Morgan fingerprint density at radius 1 is 0.947 bits per heavy atom. The molecular formula is C17H32N2. The summed E-state index contributed by atoms with van der Waals surface area (Å²) in [5.41, 5.74) is 0. The molecule has 0 radical (unpaired) electrons. The summed E-state index contributed by atoms with van der Waals surface area (Å²) in [6.45, 7) is 10.5. The lowest BCUT2D eigenvalue weighted by Crippen LogP contribution is -2.57. The lowest BCUT2D eigenvalue weighted by Gasteiger charge is -2.55. The van der Waals surface area contributed by atoms with E-state index in [1.165, 1.54) is 45.3 Å². The number of hydrogen-bond donors (Lipinski definition) is 1. The third-order valence-electron chi connectivity index (χ3n) is 6.13. The van der Waals surface area contributed by atoms with Crippen LogP contribution in [0.2, 0.25) is 0 Å². The summed E-state index contributed by atoms with van der Waals surface area (Å²) in [6, 6.07) is 1.50. The van der Waals surface area contributed by atoms with E-state index in [-0.39, 0.29) is 0 Å². The first-order valence-electron chi connectivity index (χ1n) is 8.67. The second-order valence-corrected chi connectivity index (χ2v) is 7.51. The van der Waals surface area contributed by atoms with Gasteiger partial charge in [0, 0.05) is 18.6 Å². The van der Waals surface area contributed by atoms with Gasteiger partial charge in [0.15, 0.2) is 0 Å². The Balaban J connectivity index is 1.55. The van der Waals surface area contributed by atoms with E-state index in [0.29, 0.717) is 6.04 Å². The van der Waals surface area contributed by atoms with Crippen LogP contribution in [0.4, 0.5) is 0 Å². The van der Waals surface area contributed by atoms with E-state index in [1.807, 2.05) is 0 Å². The second kappa shape index (κ2) is 5.73. The second-order valence-electron chi connectivity index (χ2n) is 7.51. The monoisotopic (exact) mass is 264 g/mol. The first-order chi connectivity index (χ1) is 9.19. The van der Waals surface area contributed by atoms with Gasteiger partial charge in [0.05, 0.1) is 0 Å². The number of hydrogen-bond acceptors (Lipinski definition) is 2. The van der Waals surface area contributed by atoms with Gasteiger partial charge in [0.2, 0.25) is 0 Å². The van der Waals surface area contributed by atoms with Crippen LogP contribution in [0.15, 0.2) is 0 Å². The highest BCUT2D eigenvalue weighted by Crippen LogP contribution is 2.53. The van der Waals surface area contributed by atoms with Crippen molar-refractivity contribution in [3.63, 3.8) is 0 Å². The molecule has 0 aromatic carbocycles. The normalized spacial score (nSPS) is 42.0. The fraction of sp³-hybridized carbons (Fsp3) is 1.00. The van der Waals surface area contributed by atoms with E-state index < -0.39 is 0 Å². The fourth-order valence-corrected chi connectivity index (χ4v) is 5.45. The van der Waals surface area contributed by atoms with E-state index in [2.05, 4.69) is 31.0 Å². The van der Waals surface area contributed by atoms with Crippen LogP contribution >= 0.6 is 0 Å². The van der Waals surface area contributed by atoms with Crippen LogP contribution in [-0.4, -0.2) is 36.6 Å². The Morgan fingerprint density at radius 2 is 1.47 bits per heavy atom. The van der Waals surface area contributed by atoms with Crippen molar-refractivity contribution in [1.29, 1.82) is 0 Å².